The van der Waals surface area contributed by atoms with E-state index in [0.29, 0.717) is 29.6 Å². The van der Waals surface area contributed by atoms with Crippen LogP contribution in [0.4, 0.5) is 0 Å². The number of benzene rings is 1. The van der Waals surface area contributed by atoms with Crippen LogP contribution in [0.25, 0.3) is 11.0 Å². The lowest BCUT2D eigenvalue weighted by molar-refractivity contribution is -0.0145. The molecule has 4 rings (SSSR count). The van der Waals surface area contributed by atoms with Crippen LogP contribution in [-0.2, 0) is 6.54 Å². The molecular weight excluding hydrogens is 340 g/mol. The second kappa shape index (κ2) is 8.13. The Labute approximate surface area is 160 Å². The summed E-state index contributed by atoms with van der Waals surface area (Å²) in [5.41, 5.74) is 2.41. The Hall–Kier alpha value is -1.69. The number of aryl methyl sites for hydroxylation is 1. The van der Waals surface area contributed by atoms with E-state index in [1.54, 1.807) is 6.26 Å². The molecule has 2 saturated heterocycles. The third-order valence-electron chi connectivity index (χ3n) is 6.13. The number of aliphatic hydroxyl groups is 1. The Morgan fingerprint density at radius 1 is 1.15 bits per heavy atom. The van der Waals surface area contributed by atoms with Gasteiger partial charge in [-0.2, -0.15) is 0 Å². The van der Waals surface area contributed by atoms with Crippen molar-refractivity contribution in [2.24, 2.45) is 0 Å². The zero-order valence-electron chi connectivity index (χ0n) is 16.2. The first-order chi connectivity index (χ1) is 13.1. The molecule has 1 aromatic carbocycles. The molecular formula is C22H30N2O3. The Morgan fingerprint density at radius 2 is 1.93 bits per heavy atom. The predicted octanol–water partition coefficient (Wildman–Crippen LogP) is 2.91. The maximum absolute atomic E-state index is 12.8. The van der Waals surface area contributed by atoms with Crippen LogP contribution in [0.5, 0.6) is 0 Å². The Balaban J connectivity index is 1.45. The number of hydrogen-bond donors (Lipinski definition) is 1. The molecule has 2 fully saturated rings. The van der Waals surface area contributed by atoms with Gasteiger partial charge in [-0.25, -0.2) is 0 Å². The fourth-order valence-electron chi connectivity index (χ4n) is 4.62. The number of rotatable bonds is 3. The Kier molecular flexibility index (Phi) is 5.62. The lowest BCUT2D eigenvalue weighted by atomic mass is 9.99. The summed E-state index contributed by atoms with van der Waals surface area (Å²) in [4.78, 5) is 17.5. The third kappa shape index (κ3) is 4.10. The maximum atomic E-state index is 12.8. The van der Waals surface area contributed by atoms with Crippen molar-refractivity contribution in [2.45, 2.75) is 57.7 Å². The van der Waals surface area contributed by atoms with E-state index in [-0.39, 0.29) is 17.6 Å². The van der Waals surface area contributed by atoms with Crippen molar-refractivity contribution in [3.05, 3.63) is 45.8 Å². The molecule has 2 atom stereocenters. The van der Waals surface area contributed by atoms with Crippen LogP contribution in [0.2, 0.25) is 0 Å². The maximum Gasteiger partial charge on any atom is 0.197 e. The van der Waals surface area contributed by atoms with Gasteiger partial charge < -0.3 is 9.52 Å². The average Bonchev–Trinajstić information content (AvgIpc) is 2.94. The highest BCUT2D eigenvalue weighted by Gasteiger charge is 2.32. The lowest BCUT2D eigenvalue weighted by Gasteiger charge is -2.41. The van der Waals surface area contributed by atoms with Crippen LogP contribution in [-0.4, -0.2) is 53.2 Å². The van der Waals surface area contributed by atoms with E-state index in [4.69, 9.17) is 4.42 Å². The second-order valence-corrected chi connectivity index (χ2v) is 8.20. The molecule has 0 radical (unpaired) electrons. The summed E-state index contributed by atoms with van der Waals surface area (Å²) in [6.07, 6.45) is 7.29. The zero-order valence-corrected chi connectivity index (χ0v) is 16.2. The van der Waals surface area contributed by atoms with Crippen molar-refractivity contribution in [3.8, 4) is 0 Å². The fourth-order valence-corrected chi connectivity index (χ4v) is 4.62. The van der Waals surface area contributed by atoms with Crippen LogP contribution in [0, 0.1) is 6.92 Å². The molecule has 0 amide bonds. The highest BCUT2D eigenvalue weighted by molar-refractivity contribution is 5.77. The van der Waals surface area contributed by atoms with Crippen LogP contribution < -0.4 is 5.43 Å². The molecule has 27 heavy (non-hydrogen) atoms. The topological polar surface area (TPSA) is 56.9 Å². The van der Waals surface area contributed by atoms with E-state index in [1.807, 2.05) is 25.1 Å². The van der Waals surface area contributed by atoms with Crippen molar-refractivity contribution in [1.29, 1.82) is 0 Å². The molecule has 5 nitrogen and oxygen atoms in total. The van der Waals surface area contributed by atoms with Gasteiger partial charge in [0.05, 0.1) is 17.8 Å². The van der Waals surface area contributed by atoms with Gasteiger partial charge in [-0.3, -0.25) is 14.6 Å². The summed E-state index contributed by atoms with van der Waals surface area (Å²) in [7, 11) is 0. The highest BCUT2D eigenvalue weighted by atomic mass is 16.3. The summed E-state index contributed by atoms with van der Waals surface area (Å²) >= 11 is 0. The average molecular weight is 370 g/mol. The number of aliphatic hydroxyl groups excluding tert-OH is 1. The van der Waals surface area contributed by atoms with E-state index < -0.39 is 0 Å². The first-order valence-corrected chi connectivity index (χ1v) is 10.3. The van der Waals surface area contributed by atoms with Gasteiger partial charge >= 0.3 is 0 Å². The van der Waals surface area contributed by atoms with Gasteiger partial charge in [-0.1, -0.05) is 24.5 Å². The van der Waals surface area contributed by atoms with Crippen molar-refractivity contribution >= 4 is 11.0 Å². The molecule has 5 heteroatoms. The Morgan fingerprint density at radius 3 is 2.67 bits per heavy atom. The fraction of sp³-hybridized carbons (Fsp3) is 0.591. The molecule has 1 N–H and O–H groups in total. The molecule has 0 aliphatic carbocycles. The number of likely N-dealkylation sites (tertiary alicyclic amines) is 2. The molecule has 1 aromatic heterocycles. The number of nitrogens with zero attached hydrogens (tertiary/aromatic N) is 2. The van der Waals surface area contributed by atoms with E-state index >= 15 is 0 Å². The van der Waals surface area contributed by atoms with Gasteiger partial charge in [0.25, 0.3) is 0 Å². The molecule has 146 valence electrons. The minimum Gasteiger partial charge on any atom is -0.464 e. The monoisotopic (exact) mass is 370 g/mol. The van der Waals surface area contributed by atoms with Crippen molar-refractivity contribution in [1.82, 2.24) is 9.80 Å². The number of hydrogen-bond acceptors (Lipinski definition) is 5. The van der Waals surface area contributed by atoms with Gasteiger partial charge in [0, 0.05) is 31.2 Å². The molecule has 2 aliphatic rings. The molecule has 0 spiro atoms. The largest absolute Gasteiger partial charge is 0.464 e. The summed E-state index contributed by atoms with van der Waals surface area (Å²) in [6, 6.07) is 5.96. The minimum absolute atomic E-state index is 0.0454. The quantitative estimate of drug-likeness (QED) is 0.900. The van der Waals surface area contributed by atoms with Crippen LogP contribution >= 0.6 is 0 Å². The van der Waals surface area contributed by atoms with Gasteiger partial charge in [-0.05, 0) is 51.4 Å². The third-order valence-corrected chi connectivity index (χ3v) is 6.13. The van der Waals surface area contributed by atoms with Crippen molar-refractivity contribution < 1.29 is 9.52 Å². The smallest absolute Gasteiger partial charge is 0.197 e. The summed E-state index contributed by atoms with van der Waals surface area (Å²) < 4.78 is 5.68. The molecule has 2 aromatic rings. The van der Waals surface area contributed by atoms with Crippen molar-refractivity contribution in [2.75, 3.05) is 26.2 Å². The van der Waals surface area contributed by atoms with E-state index in [1.165, 1.54) is 25.7 Å². The van der Waals surface area contributed by atoms with Crippen LogP contribution in [0.3, 0.4) is 0 Å². The van der Waals surface area contributed by atoms with E-state index in [2.05, 4.69) is 9.80 Å². The molecule has 2 aliphatic heterocycles. The summed E-state index contributed by atoms with van der Waals surface area (Å²) in [6.45, 7) is 6.26. The highest BCUT2D eigenvalue weighted by Crippen LogP contribution is 2.22. The first kappa shape index (κ1) is 18.7. The second-order valence-electron chi connectivity index (χ2n) is 8.20. The predicted molar refractivity (Wildman–Crippen MR) is 107 cm³/mol. The zero-order chi connectivity index (χ0) is 18.8. The standard InChI is InChI=1S/C22H30N2O3/c1-16-6-7-21-18(12-16)22(26)17(15-27-21)13-23-11-8-19(20(25)14-23)24-9-4-2-3-5-10-24/h6-7,12,15,19-20,25H,2-5,8-11,13-14H2,1H3/t19-,20-/m1/s1. The Bertz CT molecular complexity index is 839. The number of piperidine rings is 1. The summed E-state index contributed by atoms with van der Waals surface area (Å²) in [5, 5.41) is 11.4. The van der Waals surface area contributed by atoms with Gasteiger partial charge in [0.1, 0.15) is 5.58 Å². The minimum atomic E-state index is -0.355. The van der Waals surface area contributed by atoms with Crippen LogP contribution in [0.1, 0.15) is 43.2 Å². The van der Waals surface area contributed by atoms with E-state index in [9.17, 15) is 9.90 Å². The number of fused-ring (bicyclic) bond motifs is 1. The van der Waals surface area contributed by atoms with Gasteiger partial charge in [0.2, 0.25) is 0 Å². The molecule has 0 bridgehead atoms. The molecule has 0 unspecified atom stereocenters. The van der Waals surface area contributed by atoms with E-state index in [0.717, 1.165) is 31.6 Å². The lowest BCUT2D eigenvalue weighted by Crippen LogP contribution is -2.54. The SMILES string of the molecule is Cc1ccc2occ(CN3CC[C@@H](N4CCCCCC4)[C@H](O)C3)c(=O)c2c1. The summed E-state index contributed by atoms with van der Waals surface area (Å²) in [5.74, 6) is 0. The van der Waals surface area contributed by atoms with Gasteiger partial charge in [0.15, 0.2) is 5.43 Å². The normalized spacial score (nSPS) is 25.6. The van der Waals surface area contributed by atoms with Crippen molar-refractivity contribution in [3.63, 3.8) is 0 Å². The van der Waals surface area contributed by atoms with Crippen LogP contribution in [0.15, 0.2) is 33.7 Å². The van der Waals surface area contributed by atoms with Gasteiger partial charge in [-0.15, -0.1) is 0 Å². The molecule has 0 saturated carbocycles. The molecule has 3 heterocycles. The number of β-amino-alcohol motifs (C(OH)–C–C–N with tert-alkyl or cyclic N) is 1. The first-order valence-electron chi connectivity index (χ1n) is 10.3.